The molecule has 1 aromatic heterocycles. The Morgan fingerprint density at radius 1 is 1.04 bits per heavy atom. The topological polar surface area (TPSA) is 81.4 Å². The molecule has 0 amide bonds. The van der Waals surface area contributed by atoms with E-state index in [0.29, 0.717) is 18.0 Å². The third-order valence-electron chi connectivity index (χ3n) is 4.33. The molecule has 0 saturated heterocycles. The van der Waals surface area contributed by atoms with E-state index in [-0.39, 0.29) is 11.4 Å². The standard InChI is InChI=1S/C21H24N2O4S/c1-3-4-16-5-11-20(12-6-16)28(24,25)22-14-13-18-15-27-21(23-18)17-7-9-19(26-2)10-8-17/h5-12,15,22H,3-4,13-14H2,1-2H3. The third-order valence-corrected chi connectivity index (χ3v) is 5.81. The van der Waals surface area contributed by atoms with Gasteiger partial charge in [0.1, 0.15) is 12.0 Å². The van der Waals surface area contributed by atoms with Crippen molar-refractivity contribution < 1.29 is 17.6 Å². The lowest BCUT2D eigenvalue weighted by atomic mass is 10.1. The number of nitrogens with zero attached hydrogens (tertiary/aromatic N) is 1. The number of hydrogen-bond donors (Lipinski definition) is 1. The molecule has 3 rings (SSSR count). The van der Waals surface area contributed by atoms with Crippen LogP contribution in [0.1, 0.15) is 24.6 Å². The highest BCUT2D eigenvalue weighted by molar-refractivity contribution is 7.89. The van der Waals surface area contributed by atoms with Gasteiger partial charge in [-0.3, -0.25) is 0 Å². The number of rotatable bonds is 9. The minimum absolute atomic E-state index is 0.244. The largest absolute Gasteiger partial charge is 0.497 e. The second kappa shape index (κ2) is 9.03. The number of hydrogen-bond acceptors (Lipinski definition) is 5. The van der Waals surface area contributed by atoms with Crippen molar-refractivity contribution >= 4 is 10.0 Å². The summed E-state index contributed by atoms with van der Waals surface area (Å²) in [5.41, 5.74) is 2.65. The van der Waals surface area contributed by atoms with Crippen LogP contribution < -0.4 is 9.46 Å². The number of methoxy groups -OCH3 is 1. The molecule has 0 unspecified atom stereocenters. The molecule has 0 aliphatic carbocycles. The van der Waals surface area contributed by atoms with Gasteiger partial charge in [-0.1, -0.05) is 25.5 Å². The second-order valence-electron chi connectivity index (χ2n) is 6.41. The molecule has 3 aromatic rings. The van der Waals surface area contributed by atoms with Gasteiger partial charge in [-0.15, -0.1) is 0 Å². The van der Waals surface area contributed by atoms with Crippen molar-refractivity contribution in [3.63, 3.8) is 0 Å². The molecule has 1 N–H and O–H groups in total. The van der Waals surface area contributed by atoms with E-state index >= 15 is 0 Å². The smallest absolute Gasteiger partial charge is 0.240 e. The Labute approximate surface area is 165 Å². The van der Waals surface area contributed by atoms with Crippen LogP contribution in [0.15, 0.2) is 64.1 Å². The molecule has 6 nitrogen and oxygen atoms in total. The van der Waals surface area contributed by atoms with Gasteiger partial charge in [-0.25, -0.2) is 18.1 Å². The zero-order valence-corrected chi connectivity index (χ0v) is 16.8. The number of sulfonamides is 1. The van der Waals surface area contributed by atoms with Gasteiger partial charge in [-0.05, 0) is 48.4 Å². The van der Waals surface area contributed by atoms with Crippen LogP contribution in [-0.2, 0) is 22.9 Å². The van der Waals surface area contributed by atoms with Crippen molar-refractivity contribution in [2.24, 2.45) is 0 Å². The Bertz CT molecular complexity index is 994. The van der Waals surface area contributed by atoms with Gasteiger partial charge in [0.2, 0.25) is 15.9 Å². The van der Waals surface area contributed by atoms with E-state index in [1.165, 1.54) is 0 Å². The second-order valence-corrected chi connectivity index (χ2v) is 8.18. The van der Waals surface area contributed by atoms with Crippen LogP contribution in [0.2, 0.25) is 0 Å². The number of aromatic nitrogens is 1. The first-order chi connectivity index (χ1) is 13.5. The van der Waals surface area contributed by atoms with Gasteiger partial charge in [0.05, 0.1) is 17.7 Å². The first kappa shape index (κ1) is 20.1. The van der Waals surface area contributed by atoms with Crippen LogP contribution in [0.3, 0.4) is 0 Å². The van der Waals surface area contributed by atoms with Gasteiger partial charge in [0.25, 0.3) is 0 Å². The average molecular weight is 401 g/mol. The van der Waals surface area contributed by atoms with E-state index in [9.17, 15) is 8.42 Å². The van der Waals surface area contributed by atoms with Crippen LogP contribution in [0, 0.1) is 0 Å². The molecule has 28 heavy (non-hydrogen) atoms. The Kier molecular flexibility index (Phi) is 6.49. The molecule has 1 heterocycles. The van der Waals surface area contributed by atoms with Crippen LogP contribution in [0.25, 0.3) is 11.5 Å². The van der Waals surface area contributed by atoms with Gasteiger partial charge >= 0.3 is 0 Å². The molecule has 0 spiro atoms. The number of ether oxygens (including phenoxy) is 1. The van der Waals surface area contributed by atoms with E-state index < -0.39 is 10.0 Å². The molecule has 0 bridgehead atoms. The summed E-state index contributed by atoms with van der Waals surface area (Å²) in [4.78, 5) is 4.69. The quantitative estimate of drug-likeness (QED) is 0.590. The summed E-state index contributed by atoms with van der Waals surface area (Å²) in [7, 11) is -1.93. The van der Waals surface area contributed by atoms with E-state index in [0.717, 1.165) is 29.7 Å². The lowest BCUT2D eigenvalue weighted by Gasteiger charge is -2.07. The fraction of sp³-hybridized carbons (Fsp3) is 0.286. The lowest BCUT2D eigenvalue weighted by Crippen LogP contribution is -2.26. The fourth-order valence-corrected chi connectivity index (χ4v) is 3.84. The maximum absolute atomic E-state index is 12.4. The predicted octanol–water partition coefficient (Wildman–Crippen LogP) is 3.82. The maximum atomic E-state index is 12.4. The first-order valence-electron chi connectivity index (χ1n) is 9.19. The van der Waals surface area contributed by atoms with Gasteiger partial charge in [0, 0.05) is 18.5 Å². The van der Waals surface area contributed by atoms with Crippen molar-refractivity contribution in [3.8, 4) is 17.2 Å². The summed E-state index contributed by atoms with van der Waals surface area (Å²) in [6, 6.07) is 14.4. The summed E-state index contributed by atoms with van der Waals surface area (Å²) in [5.74, 6) is 1.25. The molecular formula is C21H24N2O4S. The highest BCUT2D eigenvalue weighted by Crippen LogP contribution is 2.22. The van der Waals surface area contributed by atoms with Crippen LogP contribution >= 0.6 is 0 Å². The maximum Gasteiger partial charge on any atom is 0.240 e. The minimum Gasteiger partial charge on any atom is -0.497 e. The van der Waals surface area contributed by atoms with Crippen molar-refractivity contribution in [1.82, 2.24) is 9.71 Å². The van der Waals surface area contributed by atoms with Crippen molar-refractivity contribution in [2.45, 2.75) is 31.1 Å². The lowest BCUT2D eigenvalue weighted by molar-refractivity contribution is 0.415. The van der Waals surface area contributed by atoms with Crippen LogP contribution in [0.5, 0.6) is 5.75 Å². The minimum atomic E-state index is -3.54. The van der Waals surface area contributed by atoms with Crippen LogP contribution in [0.4, 0.5) is 0 Å². The molecular weight excluding hydrogens is 376 g/mol. The molecule has 2 aromatic carbocycles. The van der Waals surface area contributed by atoms with Gasteiger partial charge in [-0.2, -0.15) is 0 Å². The predicted molar refractivity (Wildman–Crippen MR) is 108 cm³/mol. The van der Waals surface area contributed by atoms with Crippen molar-refractivity contribution in [1.29, 1.82) is 0 Å². The zero-order valence-electron chi connectivity index (χ0n) is 16.0. The molecule has 0 saturated carbocycles. The van der Waals surface area contributed by atoms with Gasteiger partial charge in [0.15, 0.2) is 0 Å². The Hall–Kier alpha value is -2.64. The van der Waals surface area contributed by atoms with Crippen LogP contribution in [-0.4, -0.2) is 27.1 Å². The Balaban J connectivity index is 1.57. The highest BCUT2D eigenvalue weighted by atomic mass is 32.2. The number of oxazole rings is 1. The average Bonchev–Trinajstić information content (AvgIpc) is 3.17. The summed E-state index contributed by atoms with van der Waals surface area (Å²) < 4.78 is 38.1. The SMILES string of the molecule is CCCc1ccc(S(=O)(=O)NCCc2coc(-c3ccc(OC)cc3)n2)cc1. The Morgan fingerprint density at radius 2 is 1.75 bits per heavy atom. The fourth-order valence-electron chi connectivity index (χ4n) is 2.81. The molecule has 0 atom stereocenters. The monoisotopic (exact) mass is 400 g/mol. The Morgan fingerprint density at radius 3 is 2.39 bits per heavy atom. The summed E-state index contributed by atoms with van der Waals surface area (Å²) in [6.45, 7) is 2.34. The molecule has 0 aliphatic rings. The summed E-state index contributed by atoms with van der Waals surface area (Å²) >= 11 is 0. The summed E-state index contributed by atoms with van der Waals surface area (Å²) in [5, 5.41) is 0. The van der Waals surface area contributed by atoms with E-state index in [2.05, 4.69) is 16.6 Å². The first-order valence-corrected chi connectivity index (χ1v) is 10.7. The molecule has 0 aliphatic heterocycles. The van der Waals surface area contributed by atoms with Crippen molar-refractivity contribution in [3.05, 3.63) is 66.1 Å². The number of nitrogens with one attached hydrogen (secondary N) is 1. The summed E-state index contributed by atoms with van der Waals surface area (Å²) in [6.07, 6.45) is 3.96. The van der Waals surface area contributed by atoms with Crippen molar-refractivity contribution in [2.75, 3.05) is 13.7 Å². The molecule has 0 fully saturated rings. The number of benzene rings is 2. The van der Waals surface area contributed by atoms with Gasteiger partial charge < -0.3 is 9.15 Å². The van der Waals surface area contributed by atoms with E-state index in [4.69, 9.17) is 9.15 Å². The third kappa shape index (κ3) is 4.99. The molecule has 7 heteroatoms. The highest BCUT2D eigenvalue weighted by Gasteiger charge is 2.14. The van der Waals surface area contributed by atoms with E-state index in [1.54, 1.807) is 25.5 Å². The normalized spacial score (nSPS) is 11.5. The number of aryl methyl sites for hydroxylation is 1. The molecule has 148 valence electrons. The van der Waals surface area contributed by atoms with E-state index in [1.807, 2.05) is 36.4 Å². The zero-order chi connectivity index (χ0) is 20.0. The molecule has 0 radical (unpaired) electrons.